The molecule has 1 heterocycles. The largest absolute Gasteiger partial charge is 0.466 e. The molecular weight excluding hydrogens is 208 g/mol. The molecule has 2 unspecified atom stereocenters. The van der Waals surface area contributed by atoms with Crippen LogP contribution in [-0.4, -0.2) is 30.6 Å². The Kier molecular flexibility index (Phi) is 3.22. The number of fused-ring (bicyclic) bond motifs is 1. The van der Waals surface area contributed by atoms with Gasteiger partial charge in [-0.3, -0.25) is 4.79 Å². The fraction of sp³-hybridized carbons (Fsp3) is 0.917. The van der Waals surface area contributed by atoms with Gasteiger partial charge in [0.1, 0.15) is 0 Å². The summed E-state index contributed by atoms with van der Waals surface area (Å²) in [4.78, 5) is 11.4. The molecule has 0 N–H and O–H groups in total. The third-order valence-corrected chi connectivity index (χ3v) is 3.24. The van der Waals surface area contributed by atoms with Crippen molar-refractivity contribution >= 4 is 5.97 Å². The van der Waals surface area contributed by atoms with Crippen LogP contribution in [0.1, 0.15) is 40.0 Å². The molecule has 92 valence electrons. The predicted octanol–water partition coefficient (Wildman–Crippen LogP) is 1.87. The zero-order valence-electron chi connectivity index (χ0n) is 10.2. The number of carbonyl (C=O) groups excluding carboxylic acids is 1. The SMILES string of the molecule is CCOC(=O)CC1CCC2OC(C)(C)O[C@@H]12. The molecule has 4 heteroatoms. The summed E-state index contributed by atoms with van der Waals surface area (Å²) in [6, 6.07) is 0. The standard InChI is InChI=1S/C12H20O4/c1-4-14-10(13)7-8-5-6-9-11(8)16-12(2,3)15-9/h8-9,11H,4-7H2,1-3H3/t8?,9?,11-/m0/s1. The van der Waals surface area contributed by atoms with Gasteiger partial charge in [0.25, 0.3) is 0 Å². The molecular formula is C12H20O4. The second-order valence-electron chi connectivity index (χ2n) is 4.99. The molecule has 2 aliphatic rings. The molecule has 16 heavy (non-hydrogen) atoms. The van der Waals surface area contributed by atoms with Crippen LogP contribution < -0.4 is 0 Å². The molecule has 2 rings (SSSR count). The van der Waals surface area contributed by atoms with E-state index in [1.54, 1.807) is 0 Å². The van der Waals surface area contributed by atoms with E-state index in [9.17, 15) is 4.79 Å². The summed E-state index contributed by atoms with van der Waals surface area (Å²) in [5.74, 6) is -0.366. The van der Waals surface area contributed by atoms with Gasteiger partial charge in [-0.25, -0.2) is 0 Å². The van der Waals surface area contributed by atoms with Gasteiger partial charge in [-0.2, -0.15) is 0 Å². The van der Waals surface area contributed by atoms with E-state index in [2.05, 4.69) is 0 Å². The highest BCUT2D eigenvalue weighted by Crippen LogP contribution is 2.42. The van der Waals surface area contributed by atoms with Gasteiger partial charge in [0.2, 0.25) is 0 Å². The summed E-state index contributed by atoms with van der Waals surface area (Å²) in [5, 5.41) is 0. The fourth-order valence-electron chi connectivity index (χ4n) is 2.68. The first kappa shape index (κ1) is 11.9. The molecule has 1 saturated carbocycles. The Hall–Kier alpha value is -0.610. The van der Waals surface area contributed by atoms with Crippen LogP contribution in [0.3, 0.4) is 0 Å². The maximum absolute atomic E-state index is 11.4. The molecule has 0 radical (unpaired) electrons. The van der Waals surface area contributed by atoms with Crippen molar-refractivity contribution in [2.75, 3.05) is 6.61 Å². The van der Waals surface area contributed by atoms with Crippen molar-refractivity contribution in [2.45, 2.75) is 58.0 Å². The van der Waals surface area contributed by atoms with Crippen molar-refractivity contribution in [2.24, 2.45) is 5.92 Å². The lowest BCUT2D eigenvalue weighted by Crippen LogP contribution is -2.27. The van der Waals surface area contributed by atoms with E-state index in [-0.39, 0.29) is 24.1 Å². The van der Waals surface area contributed by atoms with Gasteiger partial charge in [-0.15, -0.1) is 0 Å². The van der Waals surface area contributed by atoms with Gasteiger partial charge >= 0.3 is 5.97 Å². The molecule has 3 atom stereocenters. The maximum Gasteiger partial charge on any atom is 0.306 e. The highest BCUT2D eigenvalue weighted by atomic mass is 16.8. The van der Waals surface area contributed by atoms with E-state index in [0.29, 0.717) is 13.0 Å². The highest BCUT2D eigenvalue weighted by Gasteiger charge is 2.49. The molecule has 0 aromatic carbocycles. The number of ether oxygens (including phenoxy) is 3. The van der Waals surface area contributed by atoms with Crippen molar-refractivity contribution in [1.82, 2.24) is 0 Å². The zero-order valence-corrected chi connectivity index (χ0v) is 10.2. The number of hydrogen-bond donors (Lipinski definition) is 0. The van der Waals surface area contributed by atoms with Crippen LogP contribution in [0.4, 0.5) is 0 Å². The van der Waals surface area contributed by atoms with E-state index in [0.717, 1.165) is 12.8 Å². The van der Waals surface area contributed by atoms with Crippen molar-refractivity contribution in [3.63, 3.8) is 0 Å². The quantitative estimate of drug-likeness (QED) is 0.692. The van der Waals surface area contributed by atoms with Crippen LogP contribution in [0, 0.1) is 5.92 Å². The van der Waals surface area contributed by atoms with Gasteiger partial charge < -0.3 is 14.2 Å². The second-order valence-corrected chi connectivity index (χ2v) is 4.99. The van der Waals surface area contributed by atoms with Gasteiger partial charge in [0.15, 0.2) is 5.79 Å². The summed E-state index contributed by atoms with van der Waals surface area (Å²) < 4.78 is 16.6. The van der Waals surface area contributed by atoms with E-state index in [1.807, 2.05) is 20.8 Å². The normalized spacial score (nSPS) is 36.1. The van der Waals surface area contributed by atoms with E-state index < -0.39 is 5.79 Å². The Morgan fingerprint density at radius 1 is 1.38 bits per heavy atom. The minimum absolute atomic E-state index is 0.0689. The van der Waals surface area contributed by atoms with E-state index >= 15 is 0 Å². The van der Waals surface area contributed by atoms with Crippen LogP contribution in [-0.2, 0) is 19.0 Å². The monoisotopic (exact) mass is 228 g/mol. The minimum atomic E-state index is -0.497. The topological polar surface area (TPSA) is 44.8 Å². The van der Waals surface area contributed by atoms with Crippen molar-refractivity contribution in [3.05, 3.63) is 0 Å². The first-order valence-corrected chi connectivity index (χ1v) is 6.03. The lowest BCUT2D eigenvalue weighted by atomic mass is 10.0. The van der Waals surface area contributed by atoms with Gasteiger partial charge in [0, 0.05) is 0 Å². The zero-order chi connectivity index (χ0) is 11.8. The average Bonchev–Trinajstić information content (AvgIpc) is 2.64. The molecule has 0 bridgehead atoms. The van der Waals surface area contributed by atoms with Crippen LogP contribution in [0.2, 0.25) is 0 Å². The second kappa shape index (κ2) is 4.34. The Labute approximate surface area is 96.2 Å². The maximum atomic E-state index is 11.4. The van der Waals surface area contributed by atoms with Crippen molar-refractivity contribution < 1.29 is 19.0 Å². The molecule has 1 aliphatic heterocycles. The summed E-state index contributed by atoms with van der Waals surface area (Å²) in [5.41, 5.74) is 0. The third-order valence-electron chi connectivity index (χ3n) is 3.24. The summed E-state index contributed by atoms with van der Waals surface area (Å²) in [6.07, 6.45) is 2.66. The first-order chi connectivity index (χ1) is 7.52. The molecule has 0 aromatic heterocycles. The van der Waals surface area contributed by atoms with E-state index in [4.69, 9.17) is 14.2 Å². The van der Waals surface area contributed by atoms with Crippen LogP contribution in [0.5, 0.6) is 0 Å². The fourth-order valence-corrected chi connectivity index (χ4v) is 2.68. The van der Waals surface area contributed by atoms with Gasteiger partial charge in [-0.05, 0) is 39.5 Å². The predicted molar refractivity (Wildman–Crippen MR) is 57.8 cm³/mol. The molecule has 0 spiro atoms. The summed E-state index contributed by atoms with van der Waals surface area (Å²) >= 11 is 0. The number of esters is 1. The summed E-state index contributed by atoms with van der Waals surface area (Å²) in [7, 11) is 0. The Morgan fingerprint density at radius 2 is 2.12 bits per heavy atom. The molecule has 1 saturated heterocycles. The number of hydrogen-bond acceptors (Lipinski definition) is 4. The Bertz CT molecular complexity index is 274. The lowest BCUT2D eigenvalue weighted by Gasteiger charge is -2.21. The Morgan fingerprint density at radius 3 is 2.81 bits per heavy atom. The molecule has 0 amide bonds. The first-order valence-electron chi connectivity index (χ1n) is 6.03. The van der Waals surface area contributed by atoms with Crippen molar-refractivity contribution in [1.29, 1.82) is 0 Å². The van der Waals surface area contributed by atoms with Crippen LogP contribution in [0.25, 0.3) is 0 Å². The smallest absolute Gasteiger partial charge is 0.306 e. The molecule has 2 fully saturated rings. The van der Waals surface area contributed by atoms with Crippen LogP contribution >= 0.6 is 0 Å². The highest BCUT2D eigenvalue weighted by molar-refractivity contribution is 5.69. The summed E-state index contributed by atoms with van der Waals surface area (Å²) in [6.45, 7) is 6.12. The number of rotatable bonds is 3. The average molecular weight is 228 g/mol. The number of carbonyl (C=O) groups is 1. The van der Waals surface area contributed by atoms with Gasteiger partial charge in [0.05, 0.1) is 25.2 Å². The molecule has 1 aliphatic carbocycles. The van der Waals surface area contributed by atoms with Crippen LogP contribution in [0.15, 0.2) is 0 Å². The lowest BCUT2D eigenvalue weighted by molar-refractivity contribution is -0.160. The van der Waals surface area contributed by atoms with Crippen molar-refractivity contribution in [3.8, 4) is 0 Å². The third kappa shape index (κ3) is 2.38. The molecule has 0 aromatic rings. The molecule has 4 nitrogen and oxygen atoms in total. The minimum Gasteiger partial charge on any atom is -0.466 e. The van der Waals surface area contributed by atoms with E-state index in [1.165, 1.54) is 0 Å². The van der Waals surface area contributed by atoms with Gasteiger partial charge in [-0.1, -0.05) is 0 Å². The Balaban J connectivity index is 1.91.